The van der Waals surface area contributed by atoms with E-state index in [1.807, 2.05) is 121 Å². The summed E-state index contributed by atoms with van der Waals surface area (Å²) in [5, 5.41) is 0. The second-order valence-corrected chi connectivity index (χ2v) is 19.2. The number of rotatable bonds is 18. The van der Waals surface area contributed by atoms with Crippen LogP contribution in [-0.4, -0.2) is 52.3 Å². The zero-order chi connectivity index (χ0) is 54.9. The Hall–Kier alpha value is -8.81. The smallest absolute Gasteiger partial charge is 0.347 e. The third-order valence-corrected chi connectivity index (χ3v) is 14.4. The first-order valence-corrected chi connectivity index (χ1v) is 25.5. The summed E-state index contributed by atoms with van der Waals surface area (Å²) in [5.74, 6) is -1.28. The second kappa shape index (κ2) is 24.2. The van der Waals surface area contributed by atoms with Crippen molar-refractivity contribution in [1.82, 2.24) is 0 Å². The first-order valence-electron chi connectivity index (χ1n) is 24.6. The number of hydrogen-bond donors (Lipinski definition) is 0. The van der Waals surface area contributed by atoms with Gasteiger partial charge in [0.05, 0.1) is 28.4 Å². The molecule has 392 valence electrons. The second-order valence-electron chi connectivity index (χ2n) is 18.0. The van der Waals surface area contributed by atoms with Gasteiger partial charge in [-0.15, -0.1) is 0 Å². The van der Waals surface area contributed by atoms with Crippen molar-refractivity contribution in [2.75, 3.05) is 28.4 Å². The Balaban J connectivity index is 1.03. The van der Waals surface area contributed by atoms with Crippen LogP contribution in [0.1, 0.15) is 109 Å². The third-order valence-electron chi connectivity index (χ3n) is 13.5. The SMILES string of the molecule is COc1ccc(Sc2ccc(OC)c(C(=O)Oc3c(C)c(C)c(C(=O)OC(c4ccccc4)c4ccccc4)c(OC)c3C)c2)cc1C(=O)Oc1c(C)c(C)c(C(=O)OC(c2ccccc2)c2ccccc2)c(OC)c1C. The van der Waals surface area contributed by atoms with Gasteiger partial charge in [-0.05, 0) is 122 Å². The molecule has 0 aromatic heterocycles. The van der Waals surface area contributed by atoms with Crippen LogP contribution in [0.25, 0.3) is 0 Å². The molecule has 8 aromatic carbocycles. The molecule has 0 aliphatic carbocycles. The lowest BCUT2D eigenvalue weighted by Crippen LogP contribution is -2.18. The molecule has 0 bridgehead atoms. The first-order chi connectivity index (χ1) is 37.2. The molecule has 0 heterocycles. The van der Waals surface area contributed by atoms with Gasteiger partial charge in [0.2, 0.25) is 0 Å². The van der Waals surface area contributed by atoms with E-state index in [0.29, 0.717) is 43.2 Å². The van der Waals surface area contributed by atoms with Gasteiger partial charge >= 0.3 is 23.9 Å². The molecular formula is C64H58O12S. The van der Waals surface area contributed by atoms with Gasteiger partial charge in [-0.3, -0.25) is 0 Å². The summed E-state index contributed by atoms with van der Waals surface area (Å²) < 4.78 is 47.8. The summed E-state index contributed by atoms with van der Waals surface area (Å²) in [6.07, 6.45) is -1.40. The summed E-state index contributed by atoms with van der Waals surface area (Å²) in [6.45, 7) is 10.5. The molecule has 13 heteroatoms. The molecule has 8 rings (SSSR count). The summed E-state index contributed by atoms with van der Waals surface area (Å²) in [7, 11) is 5.81. The minimum atomic E-state index is -0.720. The fourth-order valence-corrected chi connectivity index (χ4v) is 10.2. The maximum Gasteiger partial charge on any atom is 0.347 e. The standard InChI is InChI=1S/C64H58O12S/c1-37-39(3)55(41(5)57(71-9)53(37)63(67)75-59(43-23-15-11-16-24-43)44-25-17-12-18-26-44)73-61(65)49-35-47(31-33-51(49)69-7)77-48-32-34-52(70-8)50(36-48)62(66)74-56-40(4)38(2)54(58(72-10)42(56)6)64(68)76-60(45-27-19-13-20-28-45)46-29-21-14-22-30-46/h11-36,59-60H,1-10H3. The van der Waals surface area contributed by atoms with Crippen LogP contribution >= 0.6 is 11.8 Å². The predicted octanol–water partition coefficient (Wildman–Crippen LogP) is 14.1. The van der Waals surface area contributed by atoms with Crippen LogP contribution in [-0.2, 0) is 9.47 Å². The van der Waals surface area contributed by atoms with E-state index in [9.17, 15) is 19.2 Å². The summed E-state index contributed by atoms with van der Waals surface area (Å²) in [4.78, 5) is 58.2. The van der Waals surface area contributed by atoms with Crippen molar-refractivity contribution in [1.29, 1.82) is 0 Å². The van der Waals surface area contributed by atoms with Crippen molar-refractivity contribution in [2.45, 2.75) is 63.5 Å². The van der Waals surface area contributed by atoms with Gasteiger partial charge in [0.25, 0.3) is 0 Å². The average Bonchev–Trinajstić information content (AvgIpc) is 3.46. The fourth-order valence-electron chi connectivity index (χ4n) is 9.26. The van der Waals surface area contributed by atoms with E-state index in [-0.39, 0.29) is 56.8 Å². The van der Waals surface area contributed by atoms with Crippen molar-refractivity contribution >= 4 is 35.6 Å². The predicted molar refractivity (Wildman–Crippen MR) is 295 cm³/mol. The summed E-state index contributed by atoms with van der Waals surface area (Å²) >= 11 is 1.28. The Labute approximate surface area is 452 Å². The highest BCUT2D eigenvalue weighted by atomic mass is 32.2. The van der Waals surface area contributed by atoms with Crippen LogP contribution in [0.2, 0.25) is 0 Å². The molecule has 0 amide bonds. The largest absolute Gasteiger partial charge is 0.496 e. The van der Waals surface area contributed by atoms with Crippen molar-refractivity contribution in [2.24, 2.45) is 0 Å². The highest BCUT2D eigenvalue weighted by molar-refractivity contribution is 7.99. The fraction of sp³-hybridized carbons (Fsp3) is 0.188. The molecule has 0 radical (unpaired) electrons. The summed E-state index contributed by atoms with van der Waals surface area (Å²) in [6, 6.07) is 48.1. The van der Waals surface area contributed by atoms with E-state index < -0.39 is 36.1 Å². The van der Waals surface area contributed by atoms with Gasteiger partial charge in [-0.2, -0.15) is 0 Å². The van der Waals surface area contributed by atoms with E-state index >= 15 is 0 Å². The molecule has 0 aliphatic rings. The molecule has 0 saturated heterocycles. The molecule has 0 N–H and O–H groups in total. The number of carbonyl (C=O) groups excluding carboxylic acids is 4. The van der Waals surface area contributed by atoms with E-state index in [1.54, 1.807) is 77.9 Å². The summed E-state index contributed by atoms with van der Waals surface area (Å²) in [5.41, 5.74) is 6.79. The van der Waals surface area contributed by atoms with E-state index in [0.717, 1.165) is 22.3 Å². The Morgan fingerprint density at radius 3 is 0.948 bits per heavy atom. The topological polar surface area (TPSA) is 142 Å². The van der Waals surface area contributed by atoms with E-state index in [1.165, 1.54) is 40.2 Å². The number of methoxy groups -OCH3 is 4. The number of ether oxygens (including phenoxy) is 8. The minimum absolute atomic E-state index is 0.122. The monoisotopic (exact) mass is 1050 g/mol. The van der Waals surface area contributed by atoms with Gasteiger partial charge < -0.3 is 37.9 Å². The maximum absolute atomic E-state index is 14.3. The van der Waals surface area contributed by atoms with Crippen molar-refractivity contribution in [3.05, 3.63) is 236 Å². The van der Waals surface area contributed by atoms with Gasteiger partial charge in [-0.1, -0.05) is 133 Å². The van der Waals surface area contributed by atoms with Crippen LogP contribution < -0.4 is 28.4 Å². The molecule has 0 unspecified atom stereocenters. The molecule has 0 fully saturated rings. The Morgan fingerprint density at radius 1 is 0.351 bits per heavy atom. The highest BCUT2D eigenvalue weighted by Gasteiger charge is 2.32. The van der Waals surface area contributed by atoms with Gasteiger partial charge in [0.1, 0.15) is 56.8 Å². The van der Waals surface area contributed by atoms with Crippen LogP contribution in [0.5, 0.6) is 34.5 Å². The third kappa shape index (κ3) is 11.6. The lowest BCUT2D eigenvalue weighted by Gasteiger charge is -2.23. The Morgan fingerprint density at radius 2 is 0.662 bits per heavy atom. The van der Waals surface area contributed by atoms with Crippen LogP contribution in [0, 0.1) is 41.5 Å². The van der Waals surface area contributed by atoms with Crippen molar-refractivity contribution in [3.63, 3.8) is 0 Å². The van der Waals surface area contributed by atoms with E-state index in [2.05, 4.69) is 0 Å². The van der Waals surface area contributed by atoms with Crippen LogP contribution in [0.3, 0.4) is 0 Å². The quantitative estimate of drug-likeness (QED) is 0.0595. The Bertz CT molecular complexity index is 3160. The molecule has 0 atom stereocenters. The molecule has 0 aliphatic heterocycles. The van der Waals surface area contributed by atoms with Crippen LogP contribution in [0.15, 0.2) is 168 Å². The molecule has 12 nitrogen and oxygen atoms in total. The van der Waals surface area contributed by atoms with Gasteiger partial charge in [-0.25, -0.2) is 19.2 Å². The number of carbonyl (C=O) groups is 4. The van der Waals surface area contributed by atoms with Gasteiger partial charge in [0, 0.05) is 20.9 Å². The zero-order valence-corrected chi connectivity index (χ0v) is 45.3. The minimum Gasteiger partial charge on any atom is -0.496 e. The molecule has 8 aromatic rings. The van der Waals surface area contributed by atoms with Crippen molar-refractivity contribution in [3.8, 4) is 34.5 Å². The number of benzene rings is 8. The normalized spacial score (nSPS) is 11.0. The first kappa shape index (κ1) is 54.5. The van der Waals surface area contributed by atoms with Gasteiger partial charge in [0.15, 0.2) is 12.2 Å². The zero-order valence-electron chi connectivity index (χ0n) is 44.5. The lowest BCUT2D eigenvalue weighted by molar-refractivity contribution is 0.0364. The highest BCUT2D eigenvalue weighted by Crippen LogP contribution is 2.43. The molecule has 0 spiro atoms. The molecular weight excluding hydrogens is 993 g/mol. The molecule has 0 saturated carbocycles. The average molecular weight is 1050 g/mol. The molecule has 77 heavy (non-hydrogen) atoms. The number of hydrogen-bond acceptors (Lipinski definition) is 13. The van der Waals surface area contributed by atoms with Crippen LogP contribution in [0.4, 0.5) is 0 Å². The van der Waals surface area contributed by atoms with E-state index in [4.69, 9.17) is 37.9 Å². The number of esters is 4. The lowest BCUT2D eigenvalue weighted by atomic mass is 9.96. The Kier molecular flexibility index (Phi) is 17.1. The maximum atomic E-state index is 14.3. The van der Waals surface area contributed by atoms with Crippen molar-refractivity contribution < 1.29 is 57.1 Å².